The number of carboxylic acid groups (broad SMARTS) is 1. The first-order valence-corrected chi connectivity index (χ1v) is 6.98. The van der Waals surface area contributed by atoms with Gasteiger partial charge in [0.1, 0.15) is 23.0 Å². The Balaban J connectivity index is 2.12. The van der Waals surface area contributed by atoms with Gasteiger partial charge in [0.05, 0.1) is 10.0 Å². The van der Waals surface area contributed by atoms with Crippen molar-refractivity contribution >= 4 is 29.2 Å². The van der Waals surface area contributed by atoms with Crippen LogP contribution in [0.2, 0.25) is 10.0 Å². The highest BCUT2D eigenvalue weighted by Crippen LogP contribution is 2.37. The molecule has 0 saturated carbocycles. The normalized spacial score (nSPS) is 11.8. The van der Waals surface area contributed by atoms with Gasteiger partial charge in [-0.3, -0.25) is 0 Å². The summed E-state index contributed by atoms with van der Waals surface area (Å²) in [5.41, 5.74) is 0. The average Bonchev–Trinajstić information content (AvgIpc) is 2.46. The molecule has 116 valence electrons. The monoisotopic (exact) mass is 342 g/mol. The molecule has 2 N–H and O–H groups in total. The van der Waals surface area contributed by atoms with E-state index in [1.807, 2.05) is 0 Å². The first-order chi connectivity index (χ1) is 10.4. The lowest BCUT2D eigenvalue weighted by molar-refractivity contribution is -0.144. The van der Waals surface area contributed by atoms with E-state index in [2.05, 4.69) is 0 Å². The topological polar surface area (TPSA) is 76.0 Å². The summed E-state index contributed by atoms with van der Waals surface area (Å²) >= 11 is 11.7. The summed E-state index contributed by atoms with van der Waals surface area (Å²) in [7, 11) is 0. The molecule has 0 amide bonds. The molecule has 1 atom stereocenters. The molecular weight excluding hydrogens is 331 g/mol. The third-order valence-corrected chi connectivity index (χ3v) is 3.31. The molecule has 0 heterocycles. The predicted molar refractivity (Wildman–Crippen MR) is 82.4 cm³/mol. The number of hydrogen-bond donors (Lipinski definition) is 2. The van der Waals surface area contributed by atoms with Crippen LogP contribution in [0.3, 0.4) is 0 Å². The molecule has 0 aromatic heterocycles. The molecule has 0 spiro atoms. The first-order valence-electron chi connectivity index (χ1n) is 6.22. The minimum Gasteiger partial charge on any atom is -0.506 e. The van der Waals surface area contributed by atoms with E-state index in [1.165, 1.54) is 19.1 Å². The van der Waals surface area contributed by atoms with Crippen molar-refractivity contribution < 1.29 is 24.5 Å². The van der Waals surface area contributed by atoms with Gasteiger partial charge in [-0.25, -0.2) is 4.79 Å². The van der Waals surface area contributed by atoms with Crippen LogP contribution in [-0.4, -0.2) is 22.3 Å². The summed E-state index contributed by atoms with van der Waals surface area (Å²) < 4.78 is 10.7. The van der Waals surface area contributed by atoms with Crippen LogP contribution in [0, 0.1) is 0 Å². The van der Waals surface area contributed by atoms with Crippen LogP contribution >= 0.6 is 23.2 Å². The van der Waals surface area contributed by atoms with Crippen molar-refractivity contribution in [2.45, 2.75) is 13.0 Å². The number of aliphatic carboxylic acids is 1. The van der Waals surface area contributed by atoms with Crippen LogP contribution in [0.1, 0.15) is 6.92 Å². The number of rotatable bonds is 5. The fourth-order valence-electron chi connectivity index (χ4n) is 1.56. The van der Waals surface area contributed by atoms with Crippen molar-refractivity contribution in [2.24, 2.45) is 0 Å². The SMILES string of the molecule is CC(Oc1ccc(Oc2cc(O)c(Cl)cc2Cl)cc1)C(=O)O. The molecule has 2 rings (SSSR count). The van der Waals surface area contributed by atoms with Crippen molar-refractivity contribution in [1.29, 1.82) is 0 Å². The van der Waals surface area contributed by atoms with Gasteiger partial charge in [0.15, 0.2) is 6.10 Å². The third kappa shape index (κ3) is 3.96. The van der Waals surface area contributed by atoms with Crippen LogP contribution in [-0.2, 0) is 4.79 Å². The molecule has 2 aromatic carbocycles. The largest absolute Gasteiger partial charge is 0.506 e. The van der Waals surface area contributed by atoms with Crippen LogP contribution in [0.25, 0.3) is 0 Å². The van der Waals surface area contributed by atoms with E-state index in [4.69, 9.17) is 37.8 Å². The minimum absolute atomic E-state index is 0.128. The van der Waals surface area contributed by atoms with E-state index >= 15 is 0 Å². The highest BCUT2D eigenvalue weighted by atomic mass is 35.5. The van der Waals surface area contributed by atoms with Gasteiger partial charge >= 0.3 is 5.97 Å². The van der Waals surface area contributed by atoms with Crippen LogP contribution in [0.15, 0.2) is 36.4 Å². The summed E-state index contributed by atoms with van der Waals surface area (Å²) in [5.74, 6) is -0.109. The Morgan fingerprint density at radius 2 is 1.68 bits per heavy atom. The molecule has 2 aromatic rings. The second kappa shape index (κ2) is 6.77. The van der Waals surface area contributed by atoms with Crippen molar-refractivity contribution in [3.63, 3.8) is 0 Å². The van der Waals surface area contributed by atoms with E-state index in [0.717, 1.165) is 0 Å². The van der Waals surface area contributed by atoms with E-state index in [-0.39, 0.29) is 21.5 Å². The molecule has 0 bridgehead atoms. The van der Waals surface area contributed by atoms with E-state index in [0.29, 0.717) is 11.5 Å². The van der Waals surface area contributed by atoms with Gasteiger partial charge in [0.2, 0.25) is 0 Å². The number of halogens is 2. The van der Waals surface area contributed by atoms with Gasteiger partial charge in [-0.2, -0.15) is 0 Å². The second-order valence-electron chi connectivity index (χ2n) is 4.41. The van der Waals surface area contributed by atoms with E-state index in [9.17, 15) is 9.90 Å². The lowest BCUT2D eigenvalue weighted by Crippen LogP contribution is -2.22. The Hall–Kier alpha value is -2.11. The molecule has 1 unspecified atom stereocenters. The van der Waals surface area contributed by atoms with Crippen LogP contribution in [0.5, 0.6) is 23.0 Å². The molecule has 5 nitrogen and oxygen atoms in total. The molecule has 0 aliphatic rings. The quantitative estimate of drug-likeness (QED) is 0.844. The maximum Gasteiger partial charge on any atom is 0.344 e. The Morgan fingerprint density at radius 3 is 2.27 bits per heavy atom. The second-order valence-corrected chi connectivity index (χ2v) is 5.22. The third-order valence-electron chi connectivity index (χ3n) is 2.71. The summed E-state index contributed by atoms with van der Waals surface area (Å²) in [6.07, 6.45) is -0.950. The fraction of sp³-hybridized carbons (Fsp3) is 0.133. The summed E-state index contributed by atoms with van der Waals surface area (Å²) in [6.45, 7) is 1.43. The molecule has 0 radical (unpaired) electrons. The van der Waals surface area contributed by atoms with Crippen molar-refractivity contribution in [1.82, 2.24) is 0 Å². The zero-order valence-corrected chi connectivity index (χ0v) is 12.9. The zero-order valence-electron chi connectivity index (χ0n) is 11.4. The Labute approximate surface area is 136 Å². The lowest BCUT2D eigenvalue weighted by Gasteiger charge is -2.12. The highest BCUT2D eigenvalue weighted by Gasteiger charge is 2.13. The van der Waals surface area contributed by atoms with E-state index < -0.39 is 12.1 Å². The first kappa shape index (κ1) is 16.3. The Bertz CT molecular complexity index is 685. The molecule has 0 fully saturated rings. The number of carboxylic acids is 1. The maximum absolute atomic E-state index is 10.7. The summed E-state index contributed by atoms with van der Waals surface area (Å²) in [4.78, 5) is 10.7. The predicted octanol–water partition coefficient (Wildman–Crippen LogP) is 4.34. The van der Waals surface area contributed by atoms with Gasteiger partial charge < -0.3 is 19.7 Å². The Morgan fingerprint density at radius 1 is 1.09 bits per heavy atom. The van der Waals surface area contributed by atoms with Gasteiger partial charge in [0.25, 0.3) is 0 Å². The molecule has 0 aliphatic carbocycles. The summed E-state index contributed by atoms with van der Waals surface area (Å²) in [6, 6.07) is 9.00. The number of ether oxygens (including phenoxy) is 2. The standard InChI is InChI=1S/C15H12Cl2O5/c1-8(15(19)20)21-9-2-4-10(5-3-9)22-14-7-13(18)11(16)6-12(14)17/h2-8,18H,1H3,(H,19,20). The van der Waals surface area contributed by atoms with E-state index in [1.54, 1.807) is 24.3 Å². The van der Waals surface area contributed by atoms with Crippen LogP contribution in [0.4, 0.5) is 0 Å². The average molecular weight is 343 g/mol. The van der Waals surface area contributed by atoms with Crippen molar-refractivity contribution in [3.8, 4) is 23.0 Å². The van der Waals surface area contributed by atoms with Crippen molar-refractivity contribution in [2.75, 3.05) is 0 Å². The minimum atomic E-state index is -1.05. The molecule has 0 saturated heterocycles. The number of carbonyl (C=O) groups is 1. The number of hydrogen-bond acceptors (Lipinski definition) is 4. The smallest absolute Gasteiger partial charge is 0.344 e. The highest BCUT2D eigenvalue weighted by molar-refractivity contribution is 6.36. The van der Waals surface area contributed by atoms with Gasteiger partial charge in [-0.1, -0.05) is 23.2 Å². The lowest BCUT2D eigenvalue weighted by atomic mass is 10.3. The number of phenols is 1. The Kier molecular flexibility index (Phi) is 5.00. The maximum atomic E-state index is 10.7. The number of aromatic hydroxyl groups is 1. The van der Waals surface area contributed by atoms with Gasteiger partial charge in [-0.05, 0) is 37.3 Å². The molecule has 0 aliphatic heterocycles. The van der Waals surface area contributed by atoms with Crippen molar-refractivity contribution in [3.05, 3.63) is 46.4 Å². The van der Waals surface area contributed by atoms with Gasteiger partial charge in [-0.15, -0.1) is 0 Å². The van der Waals surface area contributed by atoms with Gasteiger partial charge in [0, 0.05) is 6.07 Å². The molecular formula is C15H12Cl2O5. The zero-order chi connectivity index (χ0) is 16.3. The molecule has 7 heteroatoms. The van der Waals surface area contributed by atoms with Crippen LogP contribution < -0.4 is 9.47 Å². The number of benzene rings is 2. The molecule has 22 heavy (non-hydrogen) atoms. The number of phenolic OH excluding ortho intramolecular Hbond substituents is 1. The fourth-order valence-corrected chi connectivity index (χ4v) is 1.99. The summed E-state index contributed by atoms with van der Waals surface area (Å²) in [5, 5.41) is 18.7.